The lowest BCUT2D eigenvalue weighted by Crippen LogP contribution is -2.48. The molecule has 2 aliphatic rings. The molecule has 2 heterocycles. The number of esters is 1. The Morgan fingerprint density at radius 1 is 1.16 bits per heavy atom. The van der Waals surface area contributed by atoms with Gasteiger partial charge in [-0.05, 0) is 32.6 Å². The smallest absolute Gasteiger partial charge is 0.310 e. The van der Waals surface area contributed by atoms with Crippen LogP contribution < -0.4 is 0 Å². The highest BCUT2D eigenvalue weighted by Gasteiger charge is 2.37. The van der Waals surface area contributed by atoms with E-state index in [1.165, 1.54) is 8.61 Å². The van der Waals surface area contributed by atoms with Gasteiger partial charge in [0.15, 0.2) is 0 Å². The van der Waals surface area contributed by atoms with Crippen molar-refractivity contribution in [2.24, 2.45) is 5.92 Å². The van der Waals surface area contributed by atoms with Crippen molar-refractivity contribution in [2.75, 3.05) is 32.8 Å². The molecule has 0 N–H and O–H groups in total. The molecule has 1 atom stereocenters. The van der Waals surface area contributed by atoms with Crippen molar-refractivity contribution in [3.63, 3.8) is 0 Å². The Labute approximate surface area is 114 Å². The molecule has 0 bridgehead atoms. The van der Waals surface area contributed by atoms with Gasteiger partial charge in [0.1, 0.15) is 0 Å². The second-order valence-corrected chi connectivity index (χ2v) is 6.99. The van der Waals surface area contributed by atoms with Crippen LogP contribution in [0.15, 0.2) is 0 Å². The molecule has 0 aromatic carbocycles. The molecule has 6 nitrogen and oxygen atoms in total. The highest BCUT2D eigenvalue weighted by Crippen LogP contribution is 2.24. The van der Waals surface area contributed by atoms with E-state index in [0.29, 0.717) is 32.7 Å². The van der Waals surface area contributed by atoms with Crippen molar-refractivity contribution >= 4 is 16.2 Å². The van der Waals surface area contributed by atoms with Crippen molar-refractivity contribution < 1.29 is 17.9 Å². The third kappa shape index (κ3) is 3.27. The van der Waals surface area contributed by atoms with Gasteiger partial charge in [-0.3, -0.25) is 4.79 Å². The molecule has 110 valence electrons. The summed E-state index contributed by atoms with van der Waals surface area (Å²) in [5.74, 6) is -0.588. The lowest BCUT2D eigenvalue weighted by atomic mass is 10.0. The molecule has 19 heavy (non-hydrogen) atoms. The van der Waals surface area contributed by atoms with Crippen LogP contribution in [0.4, 0.5) is 0 Å². The van der Waals surface area contributed by atoms with E-state index in [2.05, 4.69) is 0 Å². The minimum atomic E-state index is -3.38. The molecule has 2 aliphatic heterocycles. The van der Waals surface area contributed by atoms with Crippen LogP contribution in [-0.4, -0.2) is 55.8 Å². The van der Waals surface area contributed by atoms with E-state index in [1.54, 1.807) is 6.92 Å². The van der Waals surface area contributed by atoms with Crippen LogP contribution in [0.1, 0.15) is 32.6 Å². The molecule has 0 saturated carbocycles. The van der Waals surface area contributed by atoms with Crippen LogP contribution >= 0.6 is 0 Å². The normalized spacial score (nSPS) is 26.5. The Morgan fingerprint density at radius 3 is 2.42 bits per heavy atom. The summed E-state index contributed by atoms with van der Waals surface area (Å²) in [5, 5.41) is 0. The molecule has 2 rings (SSSR count). The van der Waals surface area contributed by atoms with Crippen molar-refractivity contribution in [3.05, 3.63) is 0 Å². The van der Waals surface area contributed by atoms with Crippen LogP contribution in [-0.2, 0) is 19.7 Å². The topological polar surface area (TPSA) is 66.9 Å². The summed E-state index contributed by atoms with van der Waals surface area (Å²) in [6.07, 6.45) is 3.28. The van der Waals surface area contributed by atoms with Gasteiger partial charge >= 0.3 is 5.97 Å². The molecular weight excluding hydrogens is 268 g/mol. The van der Waals surface area contributed by atoms with Gasteiger partial charge in [-0.2, -0.15) is 17.0 Å². The maximum Gasteiger partial charge on any atom is 0.310 e. The second kappa shape index (κ2) is 6.19. The number of ether oxygens (including phenoxy) is 1. The molecule has 0 amide bonds. The van der Waals surface area contributed by atoms with Gasteiger partial charge in [-0.25, -0.2) is 0 Å². The molecule has 7 heteroatoms. The van der Waals surface area contributed by atoms with Crippen LogP contribution in [0.5, 0.6) is 0 Å². The average molecular weight is 290 g/mol. The van der Waals surface area contributed by atoms with Crippen LogP contribution in [0, 0.1) is 5.92 Å². The predicted octanol–water partition coefficient (Wildman–Crippen LogP) is 0.602. The van der Waals surface area contributed by atoms with Gasteiger partial charge in [0.05, 0.1) is 12.5 Å². The minimum Gasteiger partial charge on any atom is -0.466 e. The van der Waals surface area contributed by atoms with E-state index in [-0.39, 0.29) is 18.4 Å². The first kappa shape index (κ1) is 14.7. The first-order valence-electron chi connectivity index (χ1n) is 6.97. The summed E-state index contributed by atoms with van der Waals surface area (Å²) in [5.41, 5.74) is 0. The Hall–Kier alpha value is -0.660. The lowest BCUT2D eigenvalue weighted by Gasteiger charge is -2.33. The Balaban J connectivity index is 2.02. The van der Waals surface area contributed by atoms with Gasteiger partial charge < -0.3 is 4.74 Å². The average Bonchev–Trinajstić information content (AvgIpc) is 2.94. The third-order valence-electron chi connectivity index (χ3n) is 3.72. The Bertz CT molecular complexity index is 417. The molecule has 2 fully saturated rings. The van der Waals surface area contributed by atoms with Gasteiger partial charge in [0.2, 0.25) is 0 Å². The van der Waals surface area contributed by atoms with E-state index in [1.807, 2.05) is 0 Å². The molecule has 2 saturated heterocycles. The monoisotopic (exact) mass is 290 g/mol. The number of rotatable bonds is 4. The number of hydrogen-bond acceptors (Lipinski definition) is 4. The fraction of sp³-hybridized carbons (Fsp3) is 0.917. The Kier molecular flexibility index (Phi) is 4.81. The molecule has 0 unspecified atom stereocenters. The van der Waals surface area contributed by atoms with E-state index in [0.717, 1.165) is 19.3 Å². The van der Waals surface area contributed by atoms with Crippen LogP contribution in [0.25, 0.3) is 0 Å². The van der Waals surface area contributed by atoms with E-state index < -0.39 is 10.2 Å². The minimum absolute atomic E-state index is 0.262. The molecule has 0 aromatic rings. The fourth-order valence-corrected chi connectivity index (χ4v) is 4.46. The highest BCUT2D eigenvalue weighted by atomic mass is 32.2. The Morgan fingerprint density at radius 2 is 1.79 bits per heavy atom. The van der Waals surface area contributed by atoms with Crippen LogP contribution in [0.3, 0.4) is 0 Å². The molecule has 0 aliphatic carbocycles. The lowest BCUT2D eigenvalue weighted by molar-refractivity contribution is -0.149. The predicted molar refractivity (Wildman–Crippen MR) is 70.7 cm³/mol. The van der Waals surface area contributed by atoms with Gasteiger partial charge in [-0.1, -0.05) is 0 Å². The number of hydrogen-bond donors (Lipinski definition) is 0. The quantitative estimate of drug-likeness (QED) is 0.711. The fourth-order valence-electron chi connectivity index (χ4n) is 2.69. The van der Waals surface area contributed by atoms with E-state index >= 15 is 0 Å². The number of carbonyl (C=O) groups excluding carboxylic acids is 1. The van der Waals surface area contributed by atoms with Gasteiger partial charge in [-0.15, -0.1) is 0 Å². The van der Waals surface area contributed by atoms with Gasteiger partial charge in [0, 0.05) is 26.2 Å². The zero-order valence-electron chi connectivity index (χ0n) is 11.4. The summed E-state index contributed by atoms with van der Waals surface area (Å²) >= 11 is 0. The maximum absolute atomic E-state index is 12.4. The SMILES string of the molecule is CCOC(=O)[C@@H]1CCCN(S(=O)(=O)N2CCCC2)C1. The molecule has 0 radical (unpaired) electrons. The zero-order valence-corrected chi connectivity index (χ0v) is 12.2. The molecule has 0 spiro atoms. The summed E-state index contributed by atoms with van der Waals surface area (Å²) in [6, 6.07) is 0. The van der Waals surface area contributed by atoms with E-state index in [4.69, 9.17) is 4.74 Å². The van der Waals surface area contributed by atoms with E-state index in [9.17, 15) is 13.2 Å². The first-order valence-corrected chi connectivity index (χ1v) is 8.37. The first-order chi connectivity index (χ1) is 9.05. The second-order valence-electron chi connectivity index (χ2n) is 5.06. The summed E-state index contributed by atoms with van der Waals surface area (Å²) in [4.78, 5) is 11.7. The number of piperidine rings is 1. The summed E-state index contributed by atoms with van der Waals surface area (Å²) in [7, 11) is -3.38. The standard InChI is InChI=1S/C12H22N2O4S/c1-2-18-12(15)11-6-5-9-14(10-11)19(16,17)13-7-3-4-8-13/h11H,2-10H2,1H3/t11-/m1/s1. The van der Waals surface area contributed by atoms with Gasteiger partial charge in [0.25, 0.3) is 10.2 Å². The highest BCUT2D eigenvalue weighted by molar-refractivity contribution is 7.86. The largest absolute Gasteiger partial charge is 0.466 e. The zero-order chi connectivity index (χ0) is 13.9. The van der Waals surface area contributed by atoms with Crippen molar-refractivity contribution in [3.8, 4) is 0 Å². The third-order valence-corrected chi connectivity index (χ3v) is 5.72. The summed E-state index contributed by atoms with van der Waals surface area (Å²) in [6.45, 7) is 4.08. The van der Waals surface area contributed by atoms with Crippen LogP contribution in [0.2, 0.25) is 0 Å². The molecule has 0 aromatic heterocycles. The van der Waals surface area contributed by atoms with Crippen molar-refractivity contribution in [1.29, 1.82) is 0 Å². The van der Waals surface area contributed by atoms with Crippen molar-refractivity contribution in [2.45, 2.75) is 32.6 Å². The number of carbonyl (C=O) groups is 1. The molecular formula is C12H22N2O4S. The maximum atomic E-state index is 12.4. The summed E-state index contributed by atoms with van der Waals surface area (Å²) < 4.78 is 32.8. The van der Waals surface area contributed by atoms with Crippen molar-refractivity contribution in [1.82, 2.24) is 8.61 Å². The number of nitrogens with zero attached hydrogens (tertiary/aromatic N) is 2.